The highest BCUT2D eigenvalue weighted by Gasteiger charge is 2.18. The highest BCUT2D eigenvalue weighted by molar-refractivity contribution is 6.34. The van der Waals surface area contributed by atoms with Crippen LogP contribution in [-0.4, -0.2) is 32.0 Å². The lowest BCUT2D eigenvalue weighted by Crippen LogP contribution is -2.46. The quantitative estimate of drug-likeness (QED) is 0.774. The van der Waals surface area contributed by atoms with Gasteiger partial charge in [-0.3, -0.25) is 4.79 Å². The van der Waals surface area contributed by atoms with E-state index in [9.17, 15) is 4.79 Å². The van der Waals surface area contributed by atoms with Crippen LogP contribution in [0.5, 0.6) is 0 Å². The topological polar surface area (TPSA) is 23.6 Å². The van der Waals surface area contributed by atoms with Gasteiger partial charge in [-0.15, -0.1) is 0 Å². The first-order valence-corrected chi connectivity index (χ1v) is 7.88. The molecule has 0 unspecified atom stereocenters. The van der Waals surface area contributed by atoms with Gasteiger partial charge in [0.25, 0.3) is 0 Å². The summed E-state index contributed by atoms with van der Waals surface area (Å²) < 4.78 is 0. The van der Waals surface area contributed by atoms with Crippen molar-refractivity contribution in [1.29, 1.82) is 0 Å². The molecule has 1 aliphatic rings. The van der Waals surface area contributed by atoms with E-state index < -0.39 is 0 Å². The molecule has 0 aliphatic carbocycles. The molecule has 23 heavy (non-hydrogen) atoms. The Morgan fingerprint density at radius 3 is 2.00 bits per heavy atom. The van der Waals surface area contributed by atoms with Gasteiger partial charge in [-0.05, 0) is 37.3 Å². The van der Waals surface area contributed by atoms with E-state index in [0.29, 0.717) is 10.6 Å². The van der Waals surface area contributed by atoms with Crippen molar-refractivity contribution in [2.24, 2.45) is 0 Å². The smallest absolute Gasteiger partial charge is 0.161 e. The lowest BCUT2D eigenvalue weighted by molar-refractivity contribution is 0.101. The van der Waals surface area contributed by atoms with Gasteiger partial charge >= 0.3 is 0 Å². The van der Waals surface area contributed by atoms with Gasteiger partial charge in [-0.1, -0.05) is 37.2 Å². The number of hydrogen-bond donors (Lipinski definition) is 0. The molecule has 1 aliphatic heterocycles. The Hall–Kier alpha value is -2.00. The number of benzene rings is 2. The maximum atomic E-state index is 11.4. The summed E-state index contributed by atoms with van der Waals surface area (Å²) in [7, 11) is 0. The van der Waals surface area contributed by atoms with Gasteiger partial charge in [0.05, 0.1) is 5.02 Å². The number of para-hydroxylation sites is 1. The van der Waals surface area contributed by atoms with E-state index >= 15 is 0 Å². The molecule has 4 heteroatoms. The summed E-state index contributed by atoms with van der Waals surface area (Å²) in [6.45, 7) is 5.40. The Bertz CT molecular complexity index is 664. The van der Waals surface area contributed by atoms with Crippen LogP contribution in [0, 0.1) is 0 Å². The number of piperazine rings is 1. The normalized spacial score (nSPS) is 14.3. The molecule has 1 heterocycles. The summed E-state index contributed by atoms with van der Waals surface area (Å²) in [5, 5.41) is 0.537. The highest BCUT2D eigenvalue weighted by Crippen LogP contribution is 2.26. The van der Waals surface area contributed by atoms with E-state index in [-0.39, 0.29) is 13.2 Å². The molecule has 0 N–H and O–H groups in total. The molecule has 3 nitrogen and oxygen atoms in total. The SMILES string of the molecule is C.CC(=O)c1ccc(N2CCN(c3ccccc3)CC2)cc1Cl. The summed E-state index contributed by atoms with van der Waals surface area (Å²) in [5.74, 6) is 0.00504. The van der Waals surface area contributed by atoms with Crippen LogP contribution in [-0.2, 0) is 0 Å². The Morgan fingerprint density at radius 1 is 0.913 bits per heavy atom. The van der Waals surface area contributed by atoms with E-state index in [0.717, 1.165) is 31.9 Å². The van der Waals surface area contributed by atoms with Crippen LogP contribution in [0.25, 0.3) is 0 Å². The van der Waals surface area contributed by atoms with Crippen molar-refractivity contribution in [2.45, 2.75) is 14.4 Å². The summed E-state index contributed by atoms with van der Waals surface area (Å²) >= 11 is 6.21. The Morgan fingerprint density at radius 2 is 1.48 bits per heavy atom. The summed E-state index contributed by atoms with van der Waals surface area (Å²) in [4.78, 5) is 16.2. The molecule has 0 spiro atoms. The van der Waals surface area contributed by atoms with E-state index in [1.54, 1.807) is 6.92 Å². The zero-order chi connectivity index (χ0) is 15.5. The van der Waals surface area contributed by atoms with Gasteiger partial charge in [0.1, 0.15) is 0 Å². The van der Waals surface area contributed by atoms with E-state index in [4.69, 9.17) is 11.6 Å². The molecule has 2 aromatic rings. The monoisotopic (exact) mass is 330 g/mol. The number of carbonyl (C=O) groups is 1. The van der Waals surface area contributed by atoms with Crippen LogP contribution < -0.4 is 9.80 Å². The van der Waals surface area contributed by atoms with Crippen molar-refractivity contribution in [3.05, 3.63) is 59.1 Å². The first-order valence-electron chi connectivity index (χ1n) is 7.50. The number of rotatable bonds is 3. The standard InChI is InChI=1S/C18H19ClN2O.CH4/c1-14(22)17-8-7-16(13-18(17)19)21-11-9-20(10-12-21)15-5-3-2-4-6-15;/h2-8,13H,9-12H2,1H3;1H4. The predicted molar refractivity (Wildman–Crippen MR) is 99.1 cm³/mol. The second-order valence-electron chi connectivity index (χ2n) is 5.53. The van der Waals surface area contributed by atoms with Crippen molar-refractivity contribution in [1.82, 2.24) is 0 Å². The van der Waals surface area contributed by atoms with Crippen molar-refractivity contribution >= 4 is 28.8 Å². The van der Waals surface area contributed by atoms with Gasteiger partial charge in [0.2, 0.25) is 0 Å². The van der Waals surface area contributed by atoms with Crippen LogP contribution in [0.1, 0.15) is 24.7 Å². The largest absolute Gasteiger partial charge is 0.368 e. The average Bonchev–Trinajstić information content (AvgIpc) is 2.55. The second-order valence-corrected chi connectivity index (χ2v) is 5.94. The minimum absolute atomic E-state index is 0. The Labute approximate surface area is 143 Å². The number of nitrogens with zero attached hydrogens (tertiary/aromatic N) is 2. The summed E-state index contributed by atoms with van der Waals surface area (Å²) in [6.07, 6.45) is 0. The highest BCUT2D eigenvalue weighted by atomic mass is 35.5. The number of carbonyl (C=O) groups excluding carboxylic acids is 1. The van der Waals surface area contributed by atoms with E-state index in [2.05, 4.69) is 34.1 Å². The molecule has 122 valence electrons. The van der Waals surface area contributed by atoms with Crippen molar-refractivity contribution in [3.8, 4) is 0 Å². The van der Waals surface area contributed by atoms with Crippen LogP contribution in [0.15, 0.2) is 48.5 Å². The van der Waals surface area contributed by atoms with E-state index in [1.807, 2.05) is 24.3 Å². The molecule has 0 amide bonds. The molecule has 0 saturated carbocycles. The third-order valence-electron chi connectivity index (χ3n) is 4.10. The van der Waals surface area contributed by atoms with Gasteiger partial charge in [0, 0.05) is 43.1 Å². The molecule has 0 atom stereocenters. The molecule has 0 radical (unpaired) electrons. The van der Waals surface area contributed by atoms with Gasteiger partial charge in [-0.25, -0.2) is 0 Å². The fraction of sp³-hybridized carbons (Fsp3) is 0.316. The first-order chi connectivity index (χ1) is 10.6. The zero-order valence-electron chi connectivity index (χ0n) is 12.6. The Kier molecular flexibility index (Phi) is 5.67. The lowest BCUT2D eigenvalue weighted by Gasteiger charge is -2.37. The van der Waals surface area contributed by atoms with Crippen LogP contribution >= 0.6 is 11.6 Å². The molecular formula is C19H23ClN2O. The number of hydrogen-bond acceptors (Lipinski definition) is 3. The maximum Gasteiger partial charge on any atom is 0.161 e. The number of halogens is 1. The second kappa shape index (κ2) is 7.51. The molecule has 0 bridgehead atoms. The molecule has 1 fully saturated rings. The number of ketones is 1. The van der Waals surface area contributed by atoms with Gasteiger partial charge in [-0.2, -0.15) is 0 Å². The molecule has 2 aromatic carbocycles. The fourth-order valence-corrected chi connectivity index (χ4v) is 3.16. The molecule has 0 aromatic heterocycles. The Balaban J connectivity index is 0.00000192. The van der Waals surface area contributed by atoms with Crippen LogP contribution in [0.2, 0.25) is 5.02 Å². The first kappa shape index (κ1) is 17.4. The van der Waals surface area contributed by atoms with Gasteiger partial charge < -0.3 is 9.80 Å². The maximum absolute atomic E-state index is 11.4. The molecule has 3 rings (SSSR count). The lowest BCUT2D eigenvalue weighted by atomic mass is 10.1. The van der Waals surface area contributed by atoms with Crippen molar-refractivity contribution in [2.75, 3.05) is 36.0 Å². The third kappa shape index (κ3) is 3.85. The molecule has 1 saturated heterocycles. The minimum atomic E-state index is 0. The summed E-state index contributed by atoms with van der Waals surface area (Å²) in [6, 6.07) is 16.2. The average molecular weight is 331 g/mol. The van der Waals surface area contributed by atoms with Crippen LogP contribution in [0.3, 0.4) is 0 Å². The van der Waals surface area contributed by atoms with Crippen molar-refractivity contribution < 1.29 is 4.79 Å². The van der Waals surface area contributed by atoms with Crippen LogP contribution in [0.4, 0.5) is 11.4 Å². The number of anilines is 2. The van der Waals surface area contributed by atoms with E-state index in [1.165, 1.54) is 5.69 Å². The summed E-state index contributed by atoms with van der Waals surface area (Å²) in [5.41, 5.74) is 2.95. The molecular weight excluding hydrogens is 308 g/mol. The van der Waals surface area contributed by atoms with Gasteiger partial charge in [0.15, 0.2) is 5.78 Å². The third-order valence-corrected chi connectivity index (χ3v) is 4.41. The zero-order valence-corrected chi connectivity index (χ0v) is 13.4. The van der Waals surface area contributed by atoms with Crippen molar-refractivity contribution in [3.63, 3.8) is 0 Å². The number of Topliss-reactive ketones (excluding diaryl/α,β-unsaturated/α-hetero) is 1. The fourth-order valence-electron chi connectivity index (χ4n) is 2.85. The predicted octanol–water partition coefficient (Wildman–Crippen LogP) is 4.51. The minimum Gasteiger partial charge on any atom is -0.368 e.